The lowest BCUT2D eigenvalue weighted by atomic mass is 10.1. The Labute approximate surface area is 176 Å². The first-order valence-electron chi connectivity index (χ1n) is 8.96. The molecule has 10 heteroatoms. The van der Waals surface area contributed by atoms with E-state index in [9.17, 15) is 24.5 Å². The molecule has 30 heavy (non-hydrogen) atoms. The molecule has 0 atom stereocenters. The molecule has 1 heterocycles. The molecule has 154 valence electrons. The molecule has 0 bridgehead atoms. The van der Waals surface area contributed by atoms with Gasteiger partial charge in [-0.05, 0) is 30.2 Å². The van der Waals surface area contributed by atoms with Crippen molar-refractivity contribution in [1.82, 2.24) is 10.2 Å². The Balaban J connectivity index is 1.76. The number of aryl methyl sites for hydroxylation is 1. The number of nitrogens with zero attached hydrogens (tertiary/aromatic N) is 2. The zero-order valence-electron chi connectivity index (χ0n) is 15.8. The van der Waals surface area contributed by atoms with E-state index >= 15 is 0 Å². The van der Waals surface area contributed by atoms with Crippen LogP contribution in [0.15, 0.2) is 48.2 Å². The van der Waals surface area contributed by atoms with Crippen LogP contribution in [-0.2, 0) is 16.0 Å². The summed E-state index contributed by atoms with van der Waals surface area (Å²) in [6.07, 6.45) is 1.94. The molecular formula is C20H17ClN4O5. The van der Waals surface area contributed by atoms with Crippen LogP contribution < -0.4 is 10.6 Å². The van der Waals surface area contributed by atoms with Crippen LogP contribution in [0.1, 0.15) is 18.1 Å². The smallest absolute Gasteiger partial charge is 0.324 e. The summed E-state index contributed by atoms with van der Waals surface area (Å²) in [6, 6.07) is 10.2. The van der Waals surface area contributed by atoms with Gasteiger partial charge in [-0.3, -0.25) is 19.7 Å². The molecular weight excluding hydrogens is 412 g/mol. The van der Waals surface area contributed by atoms with Crippen LogP contribution in [0.25, 0.3) is 6.08 Å². The zero-order valence-corrected chi connectivity index (χ0v) is 16.6. The number of halogens is 1. The molecule has 0 radical (unpaired) electrons. The van der Waals surface area contributed by atoms with Crippen LogP contribution in [0.4, 0.5) is 16.2 Å². The number of benzene rings is 2. The maximum absolute atomic E-state index is 12.6. The summed E-state index contributed by atoms with van der Waals surface area (Å²) in [5, 5.41) is 16.2. The van der Waals surface area contributed by atoms with Crippen molar-refractivity contribution in [2.75, 3.05) is 11.9 Å². The number of amides is 4. The highest BCUT2D eigenvalue weighted by Gasteiger charge is 2.35. The largest absolute Gasteiger partial charge is 0.329 e. The summed E-state index contributed by atoms with van der Waals surface area (Å²) in [7, 11) is 0. The molecule has 1 fully saturated rings. The topological polar surface area (TPSA) is 122 Å². The number of nitro groups is 1. The lowest BCUT2D eigenvalue weighted by Crippen LogP contribution is -2.38. The summed E-state index contributed by atoms with van der Waals surface area (Å²) in [5.41, 5.74) is 1.37. The molecule has 1 saturated heterocycles. The lowest BCUT2D eigenvalue weighted by molar-refractivity contribution is -0.384. The second kappa shape index (κ2) is 8.75. The van der Waals surface area contributed by atoms with E-state index in [1.54, 1.807) is 12.1 Å². The Morgan fingerprint density at radius 2 is 2.00 bits per heavy atom. The quantitative estimate of drug-likeness (QED) is 0.316. The highest BCUT2D eigenvalue weighted by atomic mass is 35.5. The maximum atomic E-state index is 12.6. The standard InChI is InChI=1S/C20H17ClN4O5/c1-2-12-5-3-4-6-16(12)22-18(26)11-24-19(27)17(23-20(24)28)10-13-9-14(25(29)30)7-8-15(13)21/h3-10H,2,11H2,1H3,(H,22,26)(H,23,28)/b17-10+. The van der Waals surface area contributed by atoms with Gasteiger partial charge < -0.3 is 10.6 Å². The zero-order chi connectivity index (χ0) is 21.8. The molecule has 0 unspecified atom stereocenters. The van der Waals surface area contributed by atoms with Crippen molar-refractivity contribution in [3.63, 3.8) is 0 Å². The maximum Gasteiger partial charge on any atom is 0.329 e. The van der Waals surface area contributed by atoms with Crippen LogP contribution in [0, 0.1) is 10.1 Å². The van der Waals surface area contributed by atoms with E-state index in [0.29, 0.717) is 12.1 Å². The molecule has 0 saturated carbocycles. The number of urea groups is 1. The molecule has 2 aromatic carbocycles. The molecule has 0 aliphatic carbocycles. The Hall–Kier alpha value is -3.72. The Kier molecular flexibility index (Phi) is 6.12. The highest BCUT2D eigenvalue weighted by molar-refractivity contribution is 6.32. The van der Waals surface area contributed by atoms with E-state index in [-0.39, 0.29) is 22.0 Å². The summed E-state index contributed by atoms with van der Waals surface area (Å²) in [6.45, 7) is 1.46. The van der Waals surface area contributed by atoms with Gasteiger partial charge in [0.05, 0.1) is 4.92 Å². The third kappa shape index (κ3) is 4.47. The predicted molar refractivity (Wildman–Crippen MR) is 111 cm³/mol. The first-order valence-corrected chi connectivity index (χ1v) is 9.34. The van der Waals surface area contributed by atoms with Gasteiger partial charge in [0.15, 0.2) is 0 Å². The Morgan fingerprint density at radius 3 is 2.70 bits per heavy atom. The van der Waals surface area contributed by atoms with Gasteiger partial charge in [0.2, 0.25) is 5.91 Å². The van der Waals surface area contributed by atoms with Crippen molar-refractivity contribution in [2.24, 2.45) is 0 Å². The minimum absolute atomic E-state index is 0.135. The van der Waals surface area contributed by atoms with Crippen LogP contribution in [0.3, 0.4) is 0 Å². The van der Waals surface area contributed by atoms with Crippen LogP contribution in [0.2, 0.25) is 5.02 Å². The fourth-order valence-corrected chi connectivity index (χ4v) is 3.08. The second-order valence-corrected chi connectivity index (χ2v) is 6.81. The number of non-ortho nitro benzene ring substituents is 1. The van der Waals surface area contributed by atoms with Gasteiger partial charge in [0, 0.05) is 28.4 Å². The number of nitro benzene ring substituents is 1. The number of rotatable bonds is 6. The molecule has 9 nitrogen and oxygen atoms in total. The van der Waals surface area contributed by atoms with Crippen molar-refractivity contribution >= 4 is 46.9 Å². The van der Waals surface area contributed by atoms with Crippen LogP contribution in [-0.4, -0.2) is 34.2 Å². The number of carbonyl (C=O) groups excluding carboxylic acids is 3. The minimum atomic E-state index is -0.772. The van der Waals surface area contributed by atoms with E-state index in [2.05, 4.69) is 10.6 Å². The summed E-state index contributed by atoms with van der Waals surface area (Å²) >= 11 is 6.03. The van der Waals surface area contributed by atoms with Crippen molar-refractivity contribution < 1.29 is 19.3 Å². The van der Waals surface area contributed by atoms with Crippen LogP contribution in [0.5, 0.6) is 0 Å². The third-order valence-corrected chi connectivity index (χ3v) is 4.77. The minimum Gasteiger partial charge on any atom is -0.324 e. The highest BCUT2D eigenvalue weighted by Crippen LogP contribution is 2.25. The normalized spacial score (nSPS) is 14.7. The molecule has 0 aromatic heterocycles. The first-order chi connectivity index (χ1) is 14.3. The van der Waals surface area contributed by atoms with Gasteiger partial charge in [-0.2, -0.15) is 0 Å². The van der Waals surface area contributed by atoms with E-state index in [1.165, 1.54) is 24.3 Å². The first kappa shape index (κ1) is 21.0. The van der Waals surface area contributed by atoms with Gasteiger partial charge in [-0.1, -0.05) is 36.7 Å². The molecule has 1 aliphatic rings. The summed E-state index contributed by atoms with van der Waals surface area (Å²) in [4.78, 5) is 48.2. The fourth-order valence-electron chi connectivity index (χ4n) is 2.91. The van der Waals surface area contributed by atoms with Gasteiger partial charge in [0.25, 0.3) is 11.6 Å². The lowest BCUT2D eigenvalue weighted by Gasteiger charge is -2.13. The van der Waals surface area contributed by atoms with E-state index in [0.717, 1.165) is 10.5 Å². The van der Waals surface area contributed by atoms with Gasteiger partial charge in [0.1, 0.15) is 12.2 Å². The van der Waals surface area contributed by atoms with Gasteiger partial charge >= 0.3 is 6.03 Å². The molecule has 4 amide bonds. The number of anilines is 1. The fraction of sp³-hybridized carbons (Fsp3) is 0.150. The van der Waals surface area contributed by atoms with Crippen molar-refractivity contribution in [3.8, 4) is 0 Å². The SMILES string of the molecule is CCc1ccccc1NC(=O)CN1C(=O)N/C(=C/c2cc([N+](=O)[O-])ccc2Cl)C1=O. The molecule has 2 N–H and O–H groups in total. The van der Waals surface area contributed by atoms with E-state index in [1.807, 2.05) is 19.1 Å². The second-order valence-electron chi connectivity index (χ2n) is 6.40. The monoisotopic (exact) mass is 428 g/mol. The summed E-state index contributed by atoms with van der Waals surface area (Å²) < 4.78 is 0. The molecule has 0 spiro atoms. The number of hydrogen-bond acceptors (Lipinski definition) is 5. The summed E-state index contributed by atoms with van der Waals surface area (Å²) in [5.74, 6) is -1.27. The molecule has 1 aliphatic heterocycles. The van der Waals surface area contributed by atoms with Crippen molar-refractivity contribution in [1.29, 1.82) is 0 Å². The number of nitrogens with one attached hydrogen (secondary N) is 2. The average Bonchev–Trinajstić information content (AvgIpc) is 2.97. The number of imide groups is 1. The third-order valence-electron chi connectivity index (χ3n) is 4.43. The van der Waals surface area contributed by atoms with Crippen molar-refractivity contribution in [3.05, 3.63) is 74.4 Å². The van der Waals surface area contributed by atoms with Crippen molar-refractivity contribution in [2.45, 2.75) is 13.3 Å². The number of carbonyl (C=O) groups is 3. The Bertz CT molecular complexity index is 1080. The number of para-hydroxylation sites is 1. The average molecular weight is 429 g/mol. The van der Waals surface area contributed by atoms with E-state index in [4.69, 9.17) is 11.6 Å². The molecule has 2 aromatic rings. The number of hydrogen-bond donors (Lipinski definition) is 2. The predicted octanol–water partition coefficient (Wildman–Crippen LogP) is 3.34. The van der Waals surface area contributed by atoms with E-state index < -0.39 is 29.3 Å². The van der Waals surface area contributed by atoms with Gasteiger partial charge in [-0.15, -0.1) is 0 Å². The molecule has 3 rings (SSSR count). The van der Waals surface area contributed by atoms with Gasteiger partial charge in [-0.25, -0.2) is 9.69 Å². The van der Waals surface area contributed by atoms with Crippen LogP contribution >= 0.6 is 11.6 Å². The Morgan fingerprint density at radius 1 is 1.27 bits per heavy atom.